The standard InChI is InChI=1S/C17H26BrNS/c1-17(2,3)19-12-13-9-10-14(18)11-16(13)20-15-7-5-4-6-8-15/h9-11,15,19H,4-8,12H2,1-3H3. The van der Waals surface area contributed by atoms with E-state index in [-0.39, 0.29) is 5.54 Å². The average molecular weight is 356 g/mol. The molecular weight excluding hydrogens is 330 g/mol. The molecule has 0 aliphatic heterocycles. The molecule has 2 rings (SSSR count). The first-order valence-electron chi connectivity index (χ1n) is 7.64. The first kappa shape index (κ1) is 16.4. The van der Waals surface area contributed by atoms with Gasteiger partial charge in [-0.25, -0.2) is 0 Å². The summed E-state index contributed by atoms with van der Waals surface area (Å²) in [4.78, 5) is 1.45. The fraction of sp³-hybridized carbons (Fsp3) is 0.647. The molecule has 1 saturated carbocycles. The highest BCUT2D eigenvalue weighted by Crippen LogP contribution is 2.36. The molecule has 1 aromatic rings. The van der Waals surface area contributed by atoms with Crippen LogP contribution in [0.5, 0.6) is 0 Å². The van der Waals surface area contributed by atoms with Crippen molar-refractivity contribution in [2.75, 3.05) is 0 Å². The molecule has 1 fully saturated rings. The Labute approximate surface area is 136 Å². The van der Waals surface area contributed by atoms with Crippen LogP contribution >= 0.6 is 27.7 Å². The highest BCUT2D eigenvalue weighted by Gasteiger charge is 2.17. The van der Waals surface area contributed by atoms with Crippen molar-refractivity contribution in [1.29, 1.82) is 0 Å². The van der Waals surface area contributed by atoms with Gasteiger partial charge in [-0.05, 0) is 51.3 Å². The second kappa shape index (κ2) is 7.33. The Bertz CT molecular complexity index is 433. The lowest BCUT2D eigenvalue weighted by atomic mass is 10.0. The van der Waals surface area contributed by atoms with E-state index < -0.39 is 0 Å². The number of hydrogen-bond donors (Lipinski definition) is 1. The minimum atomic E-state index is 0.167. The normalized spacial score (nSPS) is 17.4. The molecule has 3 heteroatoms. The summed E-state index contributed by atoms with van der Waals surface area (Å²) >= 11 is 5.70. The molecule has 0 bridgehead atoms. The fourth-order valence-corrected chi connectivity index (χ4v) is 4.43. The molecule has 1 nitrogen and oxygen atoms in total. The molecule has 20 heavy (non-hydrogen) atoms. The van der Waals surface area contributed by atoms with Crippen LogP contribution in [0.4, 0.5) is 0 Å². The van der Waals surface area contributed by atoms with Crippen LogP contribution in [0.1, 0.15) is 58.4 Å². The van der Waals surface area contributed by atoms with Gasteiger partial charge in [-0.2, -0.15) is 0 Å². The van der Waals surface area contributed by atoms with Crippen molar-refractivity contribution in [3.8, 4) is 0 Å². The SMILES string of the molecule is CC(C)(C)NCc1ccc(Br)cc1SC1CCCCC1. The number of thioether (sulfide) groups is 1. The molecule has 0 atom stereocenters. The Hall–Kier alpha value is 0.01000. The van der Waals surface area contributed by atoms with Gasteiger partial charge in [0.1, 0.15) is 0 Å². The van der Waals surface area contributed by atoms with Gasteiger partial charge in [-0.1, -0.05) is 41.3 Å². The van der Waals surface area contributed by atoms with Gasteiger partial charge in [0, 0.05) is 26.7 Å². The van der Waals surface area contributed by atoms with Crippen molar-refractivity contribution in [2.24, 2.45) is 0 Å². The molecule has 0 heterocycles. The van der Waals surface area contributed by atoms with E-state index in [4.69, 9.17) is 0 Å². The van der Waals surface area contributed by atoms with Crippen molar-refractivity contribution < 1.29 is 0 Å². The maximum Gasteiger partial charge on any atom is 0.0221 e. The number of benzene rings is 1. The minimum Gasteiger partial charge on any atom is -0.308 e. The maximum atomic E-state index is 3.62. The molecule has 1 N–H and O–H groups in total. The molecule has 1 aromatic carbocycles. The van der Waals surface area contributed by atoms with Crippen molar-refractivity contribution >= 4 is 27.7 Å². The molecule has 0 spiro atoms. The highest BCUT2D eigenvalue weighted by atomic mass is 79.9. The number of hydrogen-bond acceptors (Lipinski definition) is 2. The Morgan fingerprint density at radius 2 is 1.90 bits per heavy atom. The van der Waals surface area contributed by atoms with Gasteiger partial charge < -0.3 is 5.32 Å². The summed E-state index contributed by atoms with van der Waals surface area (Å²) in [5.41, 5.74) is 1.60. The van der Waals surface area contributed by atoms with E-state index in [1.165, 1.54) is 47.0 Å². The monoisotopic (exact) mass is 355 g/mol. The minimum absolute atomic E-state index is 0.167. The predicted molar refractivity (Wildman–Crippen MR) is 93.5 cm³/mol. The van der Waals surface area contributed by atoms with E-state index in [2.05, 4.69) is 72.0 Å². The Kier molecular flexibility index (Phi) is 6.00. The lowest BCUT2D eigenvalue weighted by Gasteiger charge is -2.24. The van der Waals surface area contributed by atoms with E-state index in [9.17, 15) is 0 Å². The third-order valence-electron chi connectivity index (χ3n) is 3.68. The lowest BCUT2D eigenvalue weighted by molar-refractivity contribution is 0.422. The van der Waals surface area contributed by atoms with Crippen LogP contribution in [0.3, 0.4) is 0 Å². The van der Waals surface area contributed by atoms with Gasteiger partial charge in [0.2, 0.25) is 0 Å². The summed E-state index contributed by atoms with van der Waals surface area (Å²) < 4.78 is 1.19. The van der Waals surface area contributed by atoms with Gasteiger partial charge in [-0.15, -0.1) is 11.8 Å². The molecular formula is C17H26BrNS. The van der Waals surface area contributed by atoms with Crippen LogP contribution in [0.15, 0.2) is 27.6 Å². The van der Waals surface area contributed by atoms with E-state index in [1.54, 1.807) is 0 Å². The van der Waals surface area contributed by atoms with Crippen molar-refractivity contribution in [3.63, 3.8) is 0 Å². The number of nitrogens with one attached hydrogen (secondary N) is 1. The van der Waals surface area contributed by atoms with Gasteiger partial charge in [0.25, 0.3) is 0 Å². The molecule has 0 unspecified atom stereocenters. The van der Waals surface area contributed by atoms with Crippen LogP contribution in [0, 0.1) is 0 Å². The topological polar surface area (TPSA) is 12.0 Å². The molecule has 0 amide bonds. The zero-order valence-corrected chi connectivity index (χ0v) is 15.2. The largest absolute Gasteiger partial charge is 0.308 e. The van der Waals surface area contributed by atoms with Crippen LogP contribution in [-0.2, 0) is 6.54 Å². The number of rotatable bonds is 4. The molecule has 0 radical (unpaired) electrons. The molecule has 0 aromatic heterocycles. The van der Waals surface area contributed by atoms with E-state index in [0.717, 1.165) is 11.8 Å². The maximum absolute atomic E-state index is 3.62. The van der Waals surface area contributed by atoms with Crippen molar-refractivity contribution in [2.45, 2.75) is 75.1 Å². The Balaban J connectivity index is 2.06. The Morgan fingerprint density at radius 1 is 1.20 bits per heavy atom. The zero-order valence-electron chi connectivity index (χ0n) is 12.8. The lowest BCUT2D eigenvalue weighted by Crippen LogP contribution is -2.35. The average Bonchev–Trinajstić information content (AvgIpc) is 2.38. The second-order valence-corrected chi connectivity index (χ2v) is 8.99. The predicted octanol–water partition coefficient (Wildman–Crippen LogP) is 5.76. The summed E-state index contributed by atoms with van der Waals surface area (Å²) in [5.74, 6) is 0. The third-order valence-corrected chi connectivity index (χ3v) is 5.62. The molecule has 112 valence electrons. The van der Waals surface area contributed by atoms with Gasteiger partial charge >= 0.3 is 0 Å². The Morgan fingerprint density at radius 3 is 2.55 bits per heavy atom. The third kappa shape index (κ3) is 5.42. The van der Waals surface area contributed by atoms with E-state index in [0.29, 0.717) is 0 Å². The van der Waals surface area contributed by atoms with Gasteiger partial charge in [0.15, 0.2) is 0 Å². The van der Waals surface area contributed by atoms with E-state index >= 15 is 0 Å². The van der Waals surface area contributed by atoms with Crippen LogP contribution in [-0.4, -0.2) is 10.8 Å². The van der Waals surface area contributed by atoms with Crippen LogP contribution in [0.25, 0.3) is 0 Å². The quantitative estimate of drug-likeness (QED) is 0.736. The van der Waals surface area contributed by atoms with Gasteiger partial charge in [-0.3, -0.25) is 0 Å². The fourth-order valence-electron chi connectivity index (χ4n) is 2.51. The summed E-state index contributed by atoms with van der Waals surface area (Å²) in [5, 5.41) is 4.42. The highest BCUT2D eigenvalue weighted by molar-refractivity contribution is 9.10. The van der Waals surface area contributed by atoms with Crippen molar-refractivity contribution in [1.82, 2.24) is 5.32 Å². The first-order chi connectivity index (χ1) is 9.44. The van der Waals surface area contributed by atoms with Crippen LogP contribution in [0.2, 0.25) is 0 Å². The molecule has 1 aliphatic rings. The summed E-state index contributed by atoms with van der Waals surface area (Å²) in [6, 6.07) is 6.71. The first-order valence-corrected chi connectivity index (χ1v) is 9.31. The smallest absolute Gasteiger partial charge is 0.0221 e. The number of halogens is 1. The second-order valence-electron chi connectivity index (χ2n) is 6.73. The van der Waals surface area contributed by atoms with Gasteiger partial charge in [0.05, 0.1) is 0 Å². The van der Waals surface area contributed by atoms with Crippen molar-refractivity contribution in [3.05, 3.63) is 28.2 Å². The summed E-state index contributed by atoms with van der Waals surface area (Å²) in [7, 11) is 0. The summed E-state index contributed by atoms with van der Waals surface area (Å²) in [6.45, 7) is 7.62. The van der Waals surface area contributed by atoms with E-state index in [1.807, 2.05) is 0 Å². The summed E-state index contributed by atoms with van der Waals surface area (Å²) in [6.07, 6.45) is 6.99. The molecule has 1 aliphatic carbocycles. The van der Waals surface area contributed by atoms with Crippen LogP contribution < -0.4 is 5.32 Å². The molecule has 0 saturated heterocycles. The zero-order chi connectivity index (χ0) is 14.6.